The molecule has 0 aliphatic rings. The molecule has 0 bridgehead atoms. The van der Waals surface area contributed by atoms with E-state index in [1.54, 1.807) is 0 Å². The summed E-state index contributed by atoms with van der Waals surface area (Å²) >= 11 is 0. The third-order valence-electron chi connectivity index (χ3n) is 2.00. The van der Waals surface area contributed by atoms with Crippen LogP contribution in [0.3, 0.4) is 0 Å². The van der Waals surface area contributed by atoms with Crippen LogP contribution < -0.4 is 9.47 Å². The topological polar surface area (TPSA) is 76.0 Å². The maximum atomic E-state index is 10.2. The zero-order chi connectivity index (χ0) is 12.1. The third kappa shape index (κ3) is 2.25. The van der Waals surface area contributed by atoms with Gasteiger partial charge in [0.1, 0.15) is 12.0 Å². The van der Waals surface area contributed by atoms with Crippen molar-refractivity contribution < 1.29 is 24.5 Å². The normalized spacial score (nSPS) is 11.0. The molecule has 2 N–H and O–H groups in total. The van der Waals surface area contributed by atoms with Crippen molar-refractivity contribution in [3.63, 3.8) is 0 Å². The Morgan fingerprint density at radius 1 is 1.25 bits per heavy atom. The summed E-state index contributed by atoms with van der Waals surface area (Å²) in [4.78, 5) is 10.2. The second-order valence-corrected chi connectivity index (χ2v) is 2.92. The quantitative estimate of drug-likeness (QED) is 0.460. The molecule has 5 nitrogen and oxygen atoms in total. The molecular formula is C11H12O5. The molecule has 1 rings (SSSR count). The SMILES string of the molecule is COc1cc(/C(O)=C/C=O)cc(OC)c1O. The van der Waals surface area contributed by atoms with Gasteiger partial charge in [-0.1, -0.05) is 0 Å². The minimum absolute atomic E-state index is 0.153. The number of phenols is 1. The number of rotatable bonds is 4. The summed E-state index contributed by atoms with van der Waals surface area (Å²) in [5, 5.41) is 19.1. The van der Waals surface area contributed by atoms with Crippen molar-refractivity contribution in [1.29, 1.82) is 0 Å². The highest BCUT2D eigenvalue weighted by Crippen LogP contribution is 2.38. The molecule has 0 spiro atoms. The van der Waals surface area contributed by atoms with E-state index in [4.69, 9.17) is 9.47 Å². The number of benzene rings is 1. The standard InChI is InChI=1S/C11H12O5/c1-15-9-5-7(8(13)3-4-12)6-10(16-2)11(9)14/h3-6,13-14H,1-2H3/b8-3-. The van der Waals surface area contributed by atoms with E-state index in [1.165, 1.54) is 26.4 Å². The molecule has 0 atom stereocenters. The maximum absolute atomic E-state index is 10.2. The number of hydrogen-bond donors (Lipinski definition) is 2. The molecule has 0 saturated heterocycles. The van der Waals surface area contributed by atoms with Gasteiger partial charge < -0.3 is 19.7 Å². The smallest absolute Gasteiger partial charge is 0.200 e. The van der Waals surface area contributed by atoms with Crippen LogP contribution in [0, 0.1) is 0 Å². The van der Waals surface area contributed by atoms with Crippen molar-refractivity contribution in [3.05, 3.63) is 23.8 Å². The lowest BCUT2D eigenvalue weighted by Gasteiger charge is -2.10. The predicted molar refractivity (Wildman–Crippen MR) is 57.9 cm³/mol. The van der Waals surface area contributed by atoms with Gasteiger partial charge in [0.05, 0.1) is 14.2 Å². The number of ether oxygens (including phenoxy) is 2. The summed E-state index contributed by atoms with van der Waals surface area (Å²) in [5.41, 5.74) is 0.318. The molecule has 5 heteroatoms. The van der Waals surface area contributed by atoms with Crippen molar-refractivity contribution in [2.24, 2.45) is 0 Å². The van der Waals surface area contributed by atoms with Gasteiger partial charge in [-0.15, -0.1) is 0 Å². The van der Waals surface area contributed by atoms with Crippen LogP contribution in [0.1, 0.15) is 5.56 Å². The van der Waals surface area contributed by atoms with E-state index in [2.05, 4.69) is 0 Å². The number of methoxy groups -OCH3 is 2. The number of phenolic OH excluding ortho intramolecular Hbond substituents is 1. The molecule has 16 heavy (non-hydrogen) atoms. The minimum atomic E-state index is -0.230. The number of carbonyl (C=O) groups excluding carboxylic acids is 1. The lowest BCUT2D eigenvalue weighted by atomic mass is 10.1. The Hall–Kier alpha value is -2.17. The first kappa shape index (κ1) is 11.9. The Labute approximate surface area is 92.5 Å². The van der Waals surface area contributed by atoms with Crippen LogP contribution in [0.15, 0.2) is 18.2 Å². The summed E-state index contributed by atoms with van der Waals surface area (Å²) in [5.74, 6) is -0.0837. The first-order chi connectivity index (χ1) is 7.63. The number of aliphatic hydroxyl groups is 1. The van der Waals surface area contributed by atoms with E-state index >= 15 is 0 Å². The van der Waals surface area contributed by atoms with Crippen LogP contribution >= 0.6 is 0 Å². The molecule has 0 amide bonds. The highest BCUT2D eigenvalue weighted by molar-refractivity contribution is 5.79. The van der Waals surface area contributed by atoms with E-state index in [-0.39, 0.29) is 23.0 Å². The van der Waals surface area contributed by atoms with Gasteiger partial charge >= 0.3 is 0 Å². The molecule has 0 heterocycles. The van der Waals surface area contributed by atoms with Crippen LogP contribution in [-0.4, -0.2) is 30.7 Å². The number of aldehydes is 1. The molecule has 1 aromatic carbocycles. The molecular weight excluding hydrogens is 212 g/mol. The second-order valence-electron chi connectivity index (χ2n) is 2.92. The largest absolute Gasteiger partial charge is 0.507 e. The fraction of sp³-hybridized carbons (Fsp3) is 0.182. The van der Waals surface area contributed by atoms with Crippen LogP contribution in [0.5, 0.6) is 17.2 Å². The molecule has 0 aromatic heterocycles. The van der Waals surface area contributed by atoms with Gasteiger partial charge in [0.2, 0.25) is 5.75 Å². The summed E-state index contributed by atoms with van der Waals surface area (Å²) < 4.78 is 9.80. The fourth-order valence-electron chi connectivity index (χ4n) is 1.20. The van der Waals surface area contributed by atoms with Gasteiger partial charge in [-0.25, -0.2) is 0 Å². The van der Waals surface area contributed by atoms with Gasteiger partial charge in [-0.3, -0.25) is 4.79 Å². The van der Waals surface area contributed by atoms with E-state index in [1.807, 2.05) is 0 Å². The number of carbonyl (C=O) groups is 1. The lowest BCUT2D eigenvalue weighted by molar-refractivity contribution is -0.104. The maximum Gasteiger partial charge on any atom is 0.200 e. The molecule has 0 saturated carbocycles. The number of allylic oxidation sites excluding steroid dienone is 1. The number of hydrogen-bond acceptors (Lipinski definition) is 5. The van der Waals surface area contributed by atoms with Crippen molar-refractivity contribution >= 4 is 12.0 Å². The molecule has 86 valence electrons. The molecule has 0 fully saturated rings. The van der Waals surface area contributed by atoms with Gasteiger partial charge in [0, 0.05) is 11.6 Å². The van der Waals surface area contributed by atoms with Crippen molar-refractivity contribution in [3.8, 4) is 17.2 Å². The first-order valence-electron chi connectivity index (χ1n) is 4.43. The van der Waals surface area contributed by atoms with Crippen molar-refractivity contribution in [2.45, 2.75) is 0 Å². The number of aromatic hydroxyl groups is 1. The molecule has 0 aliphatic heterocycles. The lowest BCUT2D eigenvalue weighted by Crippen LogP contribution is -1.92. The molecule has 0 radical (unpaired) electrons. The Morgan fingerprint density at radius 3 is 2.12 bits per heavy atom. The van der Waals surface area contributed by atoms with Crippen LogP contribution in [0.2, 0.25) is 0 Å². The van der Waals surface area contributed by atoms with Gasteiger partial charge in [-0.05, 0) is 12.1 Å². The Morgan fingerprint density at radius 2 is 1.75 bits per heavy atom. The third-order valence-corrected chi connectivity index (χ3v) is 2.00. The van der Waals surface area contributed by atoms with E-state index in [0.29, 0.717) is 11.8 Å². The van der Waals surface area contributed by atoms with Crippen molar-refractivity contribution in [2.75, 3.05) is 14.2 Å². The van der Waals surface area contributed by atoms with Crippen LogP contribution in [0.25, 0.3) is 5.76 Å². The van der Waals surface area contributed by atoms with Crippen molar-refractivity contribution in [1.82, 2.24) is 0 Å². The number of aliphatic hydroxyl groups excluding tert-OH is 1. The van der Waals surface area contributed by atoms with Gasteiger partial charge in [-0.2, -0.15) is 0 Å². The minimum Gasteiger partial charge on any atom is -0.507 e. The van der Waals surface area contributed by atoms with Crippen LogP contribution in [-0.2, 0) is 4.79 Å². The Bertz CT molecular complexity index is 397. The molecule has 0 aliphatic carbocycles. The average Bonchev–Trinajstić information content (AvgIpc) is 2.29. The second kappa shape index (κ2) is 5.06. The van der Waals surface area contributed by atoms with Gasteiger partial charge in [0.15, 0.2) is 11.5 Å². The molecule has 0 unspecified atom stereocenters. The monoisotopic (exact) mass is 224 g/mol. The Kier molecular flexibility index (Phi) is 3.77. The zero-order valence-corrected chi connectivity index (χ0v) is 8.93. The van der Waals surface area contributed by atoms with Gasteiger partial charge in [0.25, 0.3) is 0 Å². The van der Waals surface area contributed by atoms with E-state index in [9.17, 15) is 15.0 Å². The first-order valence-corrected chi connectivity index (χ1v) is 4.43. The molecule has 1 aromatic rings. The summed E-state index contributed by atoms with van der Waals surface area (Å²) in [6, 6.07) is 2.79. The fourth-order valence-corrected chi connectivity index (χ4v) is 1.20. The highest BCUT2D eigenvalue weighted by atomic mass is 16.5. The summed E-state index contributed by atoms with van der Waals surface area (Å²) in [6.45, 7) is 0. The van der Waals surface area contributed by atoms with E-state index in [0.717, 1.165) is 6.08 Å². The highest BCUT2D eigenvalue weighted by Gasteiger charge is 2.12. The average molecular weight is 224 g/mol. The van der Waals surface area contributed by atoms with Crippen LogP contribution in [0.4, 0.5) is 0 Å². The van der Waals surface area contributed by atoms with E-state index < -0.39 is 0 Å². The zero-order valence-electron chi connectivity index (χ0n) is 8.93. The summed E-state index contributed by atoms with van der Waals surface area (Å²) in [7, 11) is 2.75. The summed E-state index contributed by atoms with van der Waals surface area (Å²) in [6.07, 6.45) is 1.45. The predicted octanol–water partition coefficient (Wildman–Crippen LogP) is 1.51. The Balaban J connectivity index is 3.32.